The minimum absolute atomic E-state index is 0.0129. The number of imidazole rings is 1. The van der Waals surface area contributed by atoms with E-state index in [1.807, 2.05) is 6.07 Å². The SMILES string of the molecule is Cn1ccn(Cc2cc(CN[C@H]3CCc4cc(F)ccc43)cc(-c3cccnc3C(F)(F)F)c2)c1=N. The molecule has 2 aromatic heterocycles. The topological polar surface area (TPSA) is 58.6 Å². The van der Waals surface area contributed by atoms with E-state index in [1.54, 1.807) is 52.8 Å². The maximum atomic E-state index is 13.7. The standard InChI is InChI=1S/C27H25F4N5/c1-35-9-10-36(26(35)32)16-18-11-17(15-34-24-7-4-19-14-21(28)5-6-22(19)24)12-20(13-18)23-3-2-8-33-25(23)27(29,30)31/h2-3,5-6,8-14,24,32,34H,4,7,15-16H2,1H3/t24-/m0/s1. The van der Waals surface area contributed by atoms with Gasteiger partial charge in [0.05, 0.1) is 6.54 Å². The maximum Gasteiger partial charge on any atom is 0.433 e. The molecule has 0 aliphatic heterocycles. The highest BCUT2D eigenvalue weighted by atomic mass is 19.4. The first-order valence-electron chi connectivity index (χ1n) is 11.6. The van der Waals surface area contributed by atoms with Gasteiger partial charge in [0.1, 0.15) is 5.82 Å². The summed E-state index contributed by atoms with van der Waals surface area (Å²) in [4.78, 5) is 3.62. The number of rotatable bonds is 6. The van der Waals surface area contributed by atoms with Gasteiger partial charge in [0.15, 0.2) is 5.69 Å². The van der Waals surface area contributed by atoms with Crippen LogP contribution in [0, 0.1) is 11.2 Å². The van der Waals surface area contributed by atoms with Crippen LogP contribution in [0.25, 0.3) is 11.1 Å². The molecule has 2 aromatic carbocycles. The van der Waals surface area contributed by atoms with Crippen LogP contribution in [0.2, 0.25) is 0 Å². The molecule has 1 aliphatic rings. The van der Waals surface area contributed by atoms with E-state index in [9.17, 15) is 17.6 Å². The van der Waals surface area contributed by atoms with Crippen LogP contribution >= 0.6 is 0 Å². The van der Waals surface area contributed by atoms with Gasteiger partial charge < -0.3 is 14.5 Å². The lowest BCUT2D eigenvalue weighted by molar-refractivity contribution is -0.140. The first-order valence-corrected chi connectivity index (χ1v) is 11.6. The van der Waals surface area contributed by atoms with Crippen LogP contribution in [0.5, 0.6) is 0 Å². The maximum absolute atomic E-state index is 13.7. The summed E-state index contributed by atoms with van der Waals surface area (Å²) >= 11 is 0. The lowest BCUT2D eigenvalue weighted by atomic mass is 9.97. The van der Waals surface area contributed by atoms with E-state index in [0.717, 1.165) is 41.3 Å². The molecular formula is C27H25F4N5. The molecule has 5 rings (SSSR count). The van der Waals surface area contributed by atoms with Crippen molar-refractivity contribution < 1.29 is 17.6 Å². The van der Waals surface area contributed by atoms with Gasteiger partial charge in [0.2, 0.25) is 5.62 Å². The highest BCUT2D eigenvalue weighted by Crippen LogP contribution is 2.36. The predicted molar refractivity (Wildman–Crippen MR) is 127 cm³/mol. The summed E-state index contributed by atoms with van der Waals surface area (Å²) < 4.78 is 58.2. The molecule has 0 spiro atoms. The summed E-state index contributed by atoms with van der Waals surface area (Å²) in [6.45, 7) is 0.769. The van der Waals surface area contributed by atoms with Crippen molar-refractivity contribution in [2.75, 3.05) is 0 Å². The number of pyridine rings is 1. The number of nitrogens with zero attached hydrogens (tertiary/aromatic N) is 3. The molecule has 0 fully saturated rings. The average Bonchev–Trinajstić information content (AvgIpc) is 3.39. The molecule has 0 unspecified atom stereocenters. The summed E-state index contributed by atoms with van der Waals surface area (Å²) in [6, 6.07) is 13.2. The second-order valence-corrected chi connectivity index (χ2v) is 9.11. The van der Waals surface area contributed by atoms with Gasteiger partial charge in [-0.25, -0.2) is 4.39 Å². The third kappa shape index (κ3) is 4.83. The number of hydrogen-bond acceptors (Lipinski definition) is 3. The van der Waals surface area contributed by atoms with E-state index >= 15 is 0 Å². The van der Waals surface area contributed by atoms with Crippen molar-refractivity contribution in [3.8, 4) is 11.1 Å². The Morgan fingerprint density at radius 2 is 1.89 bits per heavy atom. The molecule has 0 amide bonds. The predicted octanol–water partition coefficient (Wildman–Crippen LogP) is 5.35. The number of fused-ring (bicyclic) bond motifs is 1. The fourth-order valence-corrected chi connectivity index (χ4v) is 4.86. The number of aryl methyl sites for hydroxylation is 2. The number of nitrogens with one attached hydrogen (secondary N) is 2. The van der Waals surface area contributed by atoms with Crippen LogP contribution in [0.15, 0.2) is 67.1 Å². The quantitative estimate of drug-likeness (QED) is 0.354. The van der Waals surface area contributed by atoms with Gasteiger partial charge in [0, 0.05) is 43.8 Å². The van der Waals surface area contributed by atoms with Crippen molar-refractivity contribution in [2.24, 2.45) is 7.05 Å². The van der Waals surface area contributed by atoms with Gasteiger partial charge in [-0.1, -0.05) is 18.2 Å². The first kappa shape index (κ1) is 24.0. The van der Waals surface area contributed by atoms with Crippen LogP contribution in [-0.2, 0) is 32.7 Å². The smallest absolute Gasteiger partial charge is 0.321 e. The fourth-order valence-electron chi connectivity index (χ4n) is 4.86. The molecule has 9 heteroatoms. The minimum Gasteiger partial charge on any atom is -0.321 e. The Kier molecular flexibility index (Phi) is 6.26. The van der Waals surface area contributed by atoms with Gasteiger partial charge >= 0.3 is 6.18 Å². The molecule has 2 heterocycles. The largest absolute Gasteiger partial charge is 0.433 e. The van der Waals surface area contributed by atoms with Crippen LogP contribution in [0.4, 0.5) is 17.6 Å². The lowest BCUT2D eigenvalue weighted by Gasteiger charge is -2.17. The second-order valence-electron chi connectivity index (χ2n) is 9.11. The van der Waals surface area contributed by atoms with Crippen molar-refractivity contribution in [1.82, 2.24) is 19.4 Å². The molecule has 0 radical (unpaired) electrons. The van der Waals surface area contributed by atoms with Crippen LogP contribution in [0.3, 0.4) is 0 Å². The van der Waals surface area contributed by atoms with E-state index in [-0.39, 0.29) is 23.0 Å². The zero-order valence-corrected chi connectivity index (χ0v) is 19.6. The number of halogens is 4. The highest BCUT2D eigenvalue weighted by molar-refractivity contribution is 5.68. The van der Waals surface area contributed by atoms with Crippen molar-refractivity contribution in [3.63, 3.8) is 0 Å². The zero-order valence-electron chi connectivity index (χ0n) is 19.6. The third-order valence-corrected chi connectivity index (χ3v) is 6.60. The number of benzene rings is 2. The second kappa shape index (κ2) is 9.39. The average molecular weight is 496 g/mol. The monoisotopic (exact) mass is 495 g/mol. The van der Waals surface area contributed by atoms with E-state index in [2.05, 4.69) is 10.3 Å². The summed E-state index contributed by atoms with van der Waals surface area (Å²) in [7, 11) is 1.77. The molecule has 0 bridgehead atoms. The molecule has 4 aromatic rings. The normalized spacial score (nSPS) is 15.3. The van der Waals surface area contributed by atoms with Crippen LogP contribution in [-0.4, -0.2) is 14.1 Å². The first-order chi connectivity index (χ1) is 17.2. The summed E-state index contributed by atoms with van der Waals surface area (Å²) in [5.41, 5.74) is 3.42. The van der Waals surface area contributed by atoms with E-state index < -0.39 is 11.9 Å². The molecule has 1 aliphatic carbocycles. The Bertz CT molecular complexity index is 1470. The Hall–Kier alpha value is -3.72. The Morgan fingerprint density at radius 3 is 2.64 bits per heavy atom. The van der Waals surface area contributed by atoms with Gasteiger partial charge in [0.25, 0.3) is 0 Å². The fraction of sp³-hybridized carbons (Fsp3) is 0.259. The van der Waals surface area contributed by atoms with Gasteiger partial charge in [-0.15, -0.1) is 0 Å². The van der Waals surface area contributed by atoms with Gasteiger partial charge in [-0.05, 0) is 71.0 Å². The number of aromatic nitrogens is 3. The lowest BCUT2D eigenvalue weighted by Crippen LogP contribution is -2.23. The molecule has 36 heavy (non-hydrogen) atoms. The van der Waals surface area contributed by atoms with Gasteiger partial charge in [-0.3, -0.25) is 10.4 Å². The number of alkyl halides is 3. The minimum atomic E-state index is -4.59. The molecular weight excluding hydrogens is 470 g/mol. The number of hydrogen-bond donors (Lipinski definition) is 2. The van der Waals surface area contributed by atoms with E-state index in [0.29, 0.717) is 18.7 Å². The van der Waals surface area contributed by atoms with Crippen LogP contribution < -0.4 is 10.9 Å². The zero-order chi connectivity index (χ0) is 25.4. The van der Waals surface area contributed by atoms with Crippen LogP contribution in [0.1, 0.15) is 40.4 Å². The highest BCUT2D eigenvalue weighted by Gasteiger charge is 2.35. The Morgan fingerprint density at radius 1 is 1.08 bits per heavy atom. The molecule has 0 saturated heterocycles. The summed E-state index contributed by atoms with van der Waals surface area (Å²) in [6.07, 6.45) is 1.69. The van der Waals surface area contributed by atoms with Gasteiger partial charge in [-0.2, -0.15) is 13.2 Å². The molecule has 2 N–H and O–H groups in total. The van der Waals surface area contributed by atoms with Crippen molar-refractivity contribution >= 4 is 0 Å². The molecule has 5 nitrogen and oxygen atoms in total. The van der Waals surface area contributed by atoms with Crippen molar-refractivity contribution in [2.45, 2.75) is 38.1 Å². The van der Waals surface area contributed by atoms with Crippen molar-refractivity contribution in [3.05, 3.63) is 107 Å². The Labute approximate surface area is 205 Å². The van der Waals surface area contributed by atoms with Crippen molar-refractivity contribution in [1.29, 1.82) is 5.41 Å². The molecule has 186 valence electrons. The van der Waals surface area contributed by atoms with E-state index in [4.69, 9.17) is 5.41 Å². The summed E-state index contributed by atoms with van der Waals surface area (Å²) in [5.74, 6) is -0.254. The molecule has 1 atom stereocenters. The summed E-state index contributed by atoms with van der Waals surface area (Å²) in [5, 5.41) is 11.7. The van der Waals surface area contributed by atoms with E-state index in [1.165, 1.54) is 18.2 Å². The molecule has 0 saturated carbocycles. The Balaban J connectivity index is 1.50. The third-order valence-electron chi connectivity index (χ3n) is 6.60.